The minimum atomic E-state index is -0.854. The van der Waals surface area contributed by atoms with Gasteiger partial charge in [0.05, 0.1) is 0 Å². The van der Waals surface area contributed by atoms with Crippen molar-refractivity contribution in [1.82, 2.24) is 0 Å². The van der Waals surface area contributed by atoms with E-state index < -0.39 is 5.97 Å². The third-order valence-electron chi connectivity index (χ3n) is 1.17. The van der Waals surface area contributed by atoms with Crippen molar-refractivity contribution < 1.29 is 15.0 Å². The number of rotatable bonds is 5. The average Bonchev–Trinajstić information content (AvgIpc) is 1.96. The molecule has 3 heteroatoms. The van der Waals surface area contributed by atoms with E-state index in [2.05, 4.69) is 13.2 Å². The molecule has 0 amide bonds. The van der Waals surface area contributed by atoms with Gasteiger partial charge in [0.25, 0.3) is 0 Å². The molecule has 0 atom stereocenters. The molecule has 2 N–H and O–H groups in total. The zero-order chi connectivity index (χ0) is 9.56. The van der Waals surface area contributed by atoms with Crippen LogP contribution in [0.2, 0.25) is 0 Å². The van der Waals surface area contributed by atoms with Crippen molar-refractivity contribution in [3.8, 4) is 0 Å². The summed E-state index contributed by atoms with van der Waals surface area (Å²) < 4.78 is 0. The van der Waals surface area contributed by atoms with Crippen LogP contribution >= 0.6 is 0 Å². The van der Waals surface area contributed by atoms with Crippen LogP contribution in [0.5, 0.6) is 0 Å². The standard InChI is InChI=1S/C9H12O3/c1-7(3-5-8(2)10)4-6-9(11)12/h3,5,10H,1-2,4,6H2,(H,11,12)/b5-3-. The first-order valence-corrected chi connectivity index (χ1v) is 3.48. The molecule has 0 aliphatic carbocycles. The lowest BCUT2D eigenvalue weighted by Gasteiger charge is -1.95. The van der Waals surface area contributed by atoms with Gasteiger partial charge in [0.1, 0.15) is 5.76 Å². The molecule has 0 radical (unpaired) electrons. The van der Waals surface area contributed by atoms with Crippen LogP contribution in [0.15, 0.2) is 36.6 Å². The molecule has 0 unspecified atom stereocenters. The highest BCUT2D eigenvalue weighted by Crippen LogP contribution is 2.04. The molecule has 0 aliphatic rings. The summed E-state index contributed by atoms with van der Waals surface area (Å²) in [5.41, 5.74) is 0.660. The predicted octanol–water partition coefficient (Wildman–Crippen LogP) is 2.04. The van der Waals surface area contributed by atoms with Crippen LogP contribution in [-0.4, -0.2) is 16.2 Å². The molecule has 0 rings (SSSR count). The normalized spacial score (nSPS) is 10.0. The predicted molar refractivity (Wildman–Crippen MR) is 46.9 cm³/mol. The molecule has 12 heavy (non-hydrogen) atoms. The summed E-state index contributed by atoms with van der Waals surface area (Å²) in [5, 5.41) is 16.9. The number of carboxylic acids is 1. The second-order valence-electron chi connectivity index (χ2n) is 2.38. The fraction of sp³-hybridized carbons (Fsp3) is 0.222. The van der Waals surface area contributed by atoms with Crippen molar-refractivity contribution in [2.75, 3.05) is 0 Å². The third kappa shape index (κ3) is 6.61. The number of aliphatic carboxylic acids is 1. The van der Waals surface area contributed by atoms with Crippen molar-refractivity contribution in [1.29, 1.82) is 0 Å². The van der Waals surface area contributed by atoms with Crippen LogP contribution in [0.1, 0.15) is 12.8 Å². The second kappa shape index (κ2) is 5.18. The zero-order valence-corrected chi connectivity index (χ0v) is 6.79. The molecule has 0 aromatic carbocycles. The van der Waals surface area contributed by atoms with Crippen LogP contribution in [0.25, 0.3) is 0 Å². The van der Waals surface area contributed by atoms with Crippen molar-refractivity contribution in [2.24, 2.45) is 0 Å². The molecule has 0 aliphatic heterocycles. The second-order valence-corrected chi connectivity index (χ2v) is 2.38. The number of allylic oxidation sites excluding steroid dienone is 3. The van der Waals surface area contributed by atoms with E-state index in [4.69, 9.17) is 10.2 Å². The molecule has 0 spiro atoms. The maximum Gasteiger partial charge on any atom is 0.303 e. The van der Waals surface area contributed by atoms with Gasteiger partial charge in [0, 0.05) is 6.42 Å². The highest BCUT2D eigenvalue weighted by atomic mass is 16.4. The molecule has 3 nitrogen and oxygen atoms in total. The van der Waals surface area contributed by atoms with Crippen molar-refractivity contribution in [2.45, 2.75) is 12.8 Å². The van der Waals surface area contributed by atoms with Gasteiger partial charge in [-0.05, 0) is 12.5 Å². The Hall–Kier alpha value is -1.51. The quantitative estimate of drug-likeness (QED) is 0.487. The van der Waals surface area contributed by atoms with E-state index in [0.29, 0.717) is 12.0 Å². The highest BCUT2D eigenvalue weighted by Gasteiger charge is 1.96. The highest BCUT2D eigenvalue weighted by molar-refractivity contribution is 5.67. The van der Waals surface area contributed by atoms with Gasteiger partial charge in [-0.2, -0.15) is 0 Å². The summed E-state index contributed by atoms with van der Waals surface area (Å²) in [6.45, 7) is 6.83. The maximum absolute atomic E-state index is 10.1. The van der Waals surface area contributed by atoms with Crippen LogP contribution in [0, 0.1) is 0 Å². The number of aliphatic hydroxyl groups is 1. The molecular weight excluding hydrogens is 156 g/mol. The molecule has 0 aromatic rings. The van der Waals surface area contributed by atoms with Gasteiger partial charge < -0.3 is 10.2 Å². The van der Waals surface area contributed by atoms with E-state index in [1.807, 2.05) is 0 Å². The Bertz CT molecular complexity index is 226. The third-order valence-corrected chi connectivity index (χ3v) is 1.17. The minimum absolute atomic E-state index is 0.0566. The van der Waals surface area contributed by atoms with Crippen molar-refractivity contribution in [3.63, 3.8) is 0 Å². The van der Waals surface area contributed by atoms with Crippen LogP contribution in [0.4, 0.5) is 0 Å². The lowest BCUT2D eigenvalue weighted by atomic mass is 10.1. The monoisotopic (exact) mass is 168 g/mol. The van der Waals surface area contributed by atoms with E-state index in [9.17, 15) is 4.79 Å². The van der Waals surface area contributed by atoms with Gasteiger partial charge >= 0.3 is 5.97 Å². The molecular formula is C9H12O3. The van der Waals surface area contributed by atoms with E-state index in [-0.39, 0.29) is 12.2 Å². The van der Waals surface area contributed by atoms with Gasteiger partial charge in [-0.1, -0.05) is 24.8 Å². The van der Waals surface area contributed by atoms with E-state index in [0.717, 1.165) is 0 Å². The Morgan fingerprint density at radius 2 is 1.75 bits per heavy atom. The van der Waals surface area contributed by atoms with Crippen LogP contribution in [0.3, 0.4) is 0 Å². The minimum Gasteiger partial charge on any atom is -0.509 e. The van der Waals surface area contributed by atoms with Crippen LogP contribution in [-0.2, 0) is 4.79 Å². The van der Waals surface area contributed by atoms with Gasteiger partial charge in [-0.15, -0.1) is 0 Å². The Morgan fingerprint density at radius 3 is 2.17 bits per heavy atom. The smallest absolute Gasteiger partial charge is 0.303 e. The average molecular weight is 168 g/mol. The van der Waals surface area contributed by atoms with Gasteiger partial charge in [-0.25, -0.2) is 0 Å². The maximum atomic E-state index is 10.1. The summed E-state index contributed by atoms with van der Waals surface area (Å²) >= 11 is 0. The number of carbonyl (C=O) groups is 1. The van der Waals surface area contributed by atoms with Crippen LogP contribution < -0.4 is 0 Å². The summed E-state index contributed by atoms with van der Waals surface area (Å²) in [4.78, 5) is 10.1. The first kappa shape index (κ1) is 10.5. The van der Waals surface area contributed by atoms with Gasteiger partial charge in [-0.3, -0.25) is 4.79 Å². The lowest BCUT2D eigenvalue weighted by molar-refractivity contribution is -0.136. The molecule has 0 fully saturated rings. The Morgan fingerprint density at radius 1 is 1.17 bits per heavy atom. The fourth-order valence-corrected chi connectivity index (χ4v) is 0.565. The van der Waals surface area contributed by atoms with Gasteiger partial charge in [0.15, 0.2) is 0 Å². The fourth-order valence-electron chi connectivity index (χ4n) is 0.565. The van der Waals surface area contributed by atoms with E-state index in [1.165, 1.54) is 6.08 Å². The first-order valence-electron chi connectivity index (χ1n) is 3.48. The zero-order valence-electron chi connectivity index (χ0n) is 6.79. The lowest BCUT2D eigenvalue weighted by Crippen LogP contribution is -1.93. The largest absolute Gasteiger partial charge is 0.509 e. The summed E-state index contributed by atoms with van der Waals surface area (Å²) in [7, 11) is 0. The summed E-state index contributed by atoms with van der Waals surface area (Å²) in [6, 6.07) is 0. The molecule has 0 saturated carbocycles. The number of hydrogen-bond donors (Lipinski definition) is 2. The van der Waals surface area contributed by atoms with E-state index in [1.54, 1.807) is 6.08 Å². The van der Waals surface area contributed by atoms with Crippen molar-refractivity contribution in [3.05, 3.63) is 36.6 Å². The van der Waals surface area contributed by atoms with Crippen molar-refractivity contribution >= 4 is 5.97 Å². The molecule has 66 valence electrons. The number of hydrogen-bond acceptors (Lipinski definition) is 2. The molecule has 0 aromatic heterocycles. The first-order chi connectivity index (χ1) is 5.52. The molecule has 0 saturated heterocycles. The summed E-state index contributed by atoms with van der Waals surface area (Å²) in [6.07, 6.45) is 3.37. The Labute approximate surface area is 71.3 Å². The Kier molecular flexibility index (Phi) is 4.53. The SMILES string of the molecule is C=C(O)/C=C\C(=C)CCC(=O)O. The molecule has 0 heterocycles. The molecule has 0 bridgehead atoms. The number of aliphatic hydroxyl groups excluding tert-OH is 1. The Balaban J connectivity index is 3.75. The summed E-state index contributed by atoms with van der Waals surface area (Å²) in [5.74, 6) is -0.918. The van der Waals surface area contributed by atoms with Gasteiger partial charge in [0.2, 0.25) is 0 Å². The topological polar surface area (TPSA) is 57.5 Å². The number of carboxylic acid groups (broad SMARTS) is 1. The van der Waals surface area contributed by atoms with E-state index >= 15 is 0 Å².